The number of rotatable bonds is 4. The second kappa shape index (κ2) is 5.89. The van der Waals surface area contributed by atoms with Gasteiger partial charge in [0.1, 0.15) is 0 Å². The van der Waals surface area contributed by atoms with Crippen LogP contribution in [-0.2, 0) is 3.07 Å². The van der Waals surface area contributed by atoms with Crippen molar-refractivity contribution < 1.29 is 3.07 Å². The van der Waals surface area contributed by atoms with Gasteiger partial charge in [0.15, 0.2) is 0 Å². The topological polar surface area (TPSA) is 9.23 Å². The molecule has 3 radical (unpaired) electrons. The Morgan fingerprint density at radius 1 is 1.62 bits per heavy atom. The van der Waals surface area contributed by atoms with E-state index in [1.165, 1.54) is 42.2 Å². The van der Waals surface area contributed by atoms with E-state index in [2.05, 4.69) is 13.8 Å². The molecular weight excluding hydrogens is 207 g/mol. The van der Waals surface area contributed by atoms with E-state index in [0.717, 1.165) is 0 Å². The molecule has 0 fully saturated rings. The molecule has 0 amide bonds. The van der Waals surface area contributed by atoms with Crippen LogP contribution in [0.25, 0.3) is 0 Å². The first-order valence-corrected chi connectivity index (χ1v) is 4.30. The molecule has 1 atom stereocenters. The molecule has 0 spiro atoms. The summed E-state index contributed by atoms with van der Waals surface area (Å²) < 4.78 is 5.14. The summed E-state index contributed by atoms with van der Waals surface area (Å²) in [5.41, 5.74) is 0. The van der Waals surface area contributed by atoms with E-state index >= 15 is 0 Å². The first-order chi connectivity index (χ1) is 3.81. The first-order valence-electron chi connectivity index (χ1n) is 3.13. The van der Waals surface area contributed by atoms with Gasteiger partial charge < -0.3 is 0 Å². The van der Waals surface area contributed by atoms with Crippen molar-refractivity contribution in [3.05, 3.63) is 0 Å². The third-order valence-electron chi connectivity index (χ3n) is 1.17. The zero-order chi connectivity index (χ0) is 6.41. The van der Waals surface area contributed by atoms with Crippen LogP contribution in [0.3, 0.4) is 0 Å². The standard InChI is InChI=1S/C6H13O.Sn/c1-3-4-5-6(2)7;/h6H,3-5H2,1-2H3;/q-1;+1. The van der Waals surface area contributed by atoms with E-state index < -0.39 is 0 Å². The van der Waals surface area contributed by atoms with E-state index in [1.54, 1.807) is 0 Å². The minimum atomic E-state index is 0.494. The van der Waals surface area contributed by atoms with E-state index in [-0.39, 0.29) is 0 Å². The Kier molecular flexibility index (Phi) is 6.45. The molecule has 0 aliphatic carbocycles. The Balaban J connectivity index is 2.86. The molecule has 8 heavy (non-hydrogen) atoms. The molecule has 0 saturated carbocycles. The van der Waals surface area contributed by atoms with Gasteiger partial charge in [0.05, 0.1) is 0 Å². The third-order valence-corrected chi connectivity index (χ3v) is 2.31. The summed E-state index contributed by atoms with van der Waals surface area (Å²) in [6, 6.07) is 0. The fourth-order valence-corrected chi connectivity index (χ4v) is 0.887. The quantitative estimate of drug-likeness (QED) is 0.654. The van der Waals surface area contributed by atoms with Crippen LogP contribution in [0.4, 0.5) is 0 Å². The van der Waals surface area contributed by atoms with Crippen LogP contribution in [0, 0.1) is 0 Å². The molecule has 0 aromatic carbocycles. The predicted octanol–water partition coefficient (Wildman–Crippen LogP) is 1.67. The van der Waals surface area contributed by atoms with Gasteiger partial charge in [0.25, 0.3) is 0 Å². The molecule has 0 saturated heterocycles. The molecule has 1 unspecified atom stereocenters. The van der Waals surface area contributed by atoms with Crippen LogP contribution < -0.4 is 0 Å². The Labute approximate surface area is 65.4 Å². The Morgan fingerprint density at radius 2 is 2.25 bits per heavy atom. The summed E-state index contributed by atoms with van der Waals surface area (Å²) in [5.74, 6) is 0. The van der Waals surface area contributed by atoms with Gasteiger partial charge in [-0.1, -0.05) is 0 Å². The SMILES string of the molecule is CCCCC(C)[O][Sn]. The summed E-state index contributed by atoms with van der Waals surface area (Å²) >= 11 is 1.20. The summed E-state index contributed by atoms with van der Waals surface area (Å²) in [6.07, 6.45) is 4.30. The molecule has 2 heteroatoms. The number of hydrogen-bond donors (Lipinski definition) is 0. The van der Waals surface area contributed by atoms with Gasteiger partial charge >= 0.3 is 65.2 Å². The van der Waals surface area contributed by atoms with Crippen molar-refractivity contribution in [2.24, 2.45) is 0 Å². The average Bonchev–Trinajstić information content (AvgIpc) is 1.83. The summed E-state index contributed by atoms with van der Waals surface area (Å²) in [4.78, 5) is 0. The van der Waals surface area contributed by atoms with Gasteiger partial charge in [-0.25, -0.2) is 0 Å². The average molecular weight is 220 g/mol. The molecule has 0 aromatic rings. The fourth-order valence-electron chi connectivity index (χ4n) is 0.551. The van der Waals surface area contributed by atoms with E-state index in [0.29, 0.717) is 6.10 Å². The second-order valence-electron chi connectivity index (χ2n) is 2.07. The Morgan fingerprint density at radius 3 is 2.62 bits per heavy atom. The van der Waals surface area contributed by atoms with Crippen LogP contribution in [0.15, 0.2) is 0 Å². The minimum absolute atomic E-state index is 0.494. The van der Waals surface area contributed by atoms with Gasteiger partial charge in [-0.05, 0) is 0 Å². The van der Waals surface area contributed by atoms with Crippen LogP contribution in [-0.4, -0.2) is 29.0 Å². The maximum absolute atomic E-state index is 5.14. The molecule has 0 aliphatic rings. The van der Waals surface area contributed by atoms with Crippen LogP contribution in [0.5, 0.6) is 0 Å². The zero-order valence-corrected chi connectivity index (χ0v) is 8.46. The molecule has 47 valence electrons. The van der Waals surface area contributed by atoms with Crippen molar-refractivity contribution in [3.8, 4) is 0 Å². The predicted molar refractivity (Wildman–Crippen MR) is 35.8 cm³/mol. The van der Waals surface area contributed by atoms with E-state index in [4.69, 9.17) is 3.07 Å². The zero-order valence-electron chi connectivity index (χ0n) is 5.61. The third kappa shape index (κ3) is 4.91. The van der Waals surface area contributed by atoms with Gasteiger partial charge in [-0.3, -0.25) is 0 Å². The first kappa shape index (κ1) is 8.76. The van der Waals surface area contributed by atoms with E-state index in [1.807, 2.05) is 0 Å². The van der Waals surface area contributed by atoms with Crippen molar-refractivity contribution in [3.63, 3.8) is 0 Å². The monoisotopic (exact) mass is 221 g/mol. The maximum atomic E-state index is 5.14. The van der Waals surface area contributed by atoms with E-state index in [9.17, 15) is 0 Å². The second-order valence-corrected chi connectivity index (χ2v) is 2.74. The molecule has 0 aromatic heterocycles. The fraction of sp³-hybridized carbons (Fsp3) is 1.00. The van der Waals surface area contributed by atoms with Crippen molar-refractivity contribution in [2.45, 2.75) is 39.2 Å². The molecule has 1 nitrogen and oxygen atoms in total. The number of unbranched alkanes of at least 4 members (excludes halogenated alkanes) is 1. The van der Waals surface area contributed by atoms with Crippen molar-refractivity contribution in [1.82, 2.24) is 0 Å². The summed E-state index contributed by atoms with van der Waals surface area (Å²) in [5, 5.41) is 0. The van der Waals surface area contributed by atoms with Crippen LogP contribution >= 0.6 is 0 Å². The molecule has 0 N–H and O–H groups in total. The van der Waals surface area contributed by atoms with Crippen LogP contribution in [0.1, 0.15) is 33.1 Å². The van der Waals surface area contributed by atoms with Gasteiger partial charge in [-0.15, -0.1) is 0 Å². The summed E-state index contributed by atoms with van der Waals surface area (Å²) in [7, 11) is 0. The molecule has 0 heterocycles. The molecule has 0 aliphatic heterocycles. The molecular formula is C6H13OSn. The summed E-state index contributed by atoms with van der Waals surface area (Å²) in [6.45, 7) is 4.33. The Hall–Kier alpha value is 0.759. The van der Waals surface area contributed by atoms with Gasteiger partial charge in [-0.2, -0.15) is 0 Å². The van der Waals surface area contributed by atoms with Gasteiger partial charge in [0.2, 0.25) is 0 Å². The Bertz CT molecular complexity index is 47.8. The number of hydrogen-bond acceptors (Lipinski definition) is 1. The normalized spacial score (nSPS) is 13.9. The van der Waals surface area contributed by atoms with Crippen molar-refractivity contribution >= 4 is 22.9 Å². The van der Waals surface area contributed by atoms with Crippen molar-refractivity contribution in [2.75, 3.05) is 0 Å². The molecule has 0 rings (SSSR count). The van der Waals surface area contributed by atoms with Crippen molar-refractivity contribution in [1.29, 1.82) is 0 Å². The molecule has 0 bridgehead atoms. The van der Waals surface area contributed by atoms with Gasteiger partial charge in [0, 0.05) is 0 Å². The van der Waals surface area contributed by atoms with Crippen LogP contribution in [0.2, 0.25) is 0 Å².